The van der Waals surface area contributed by atoms with E-state index in [-0.39, 0.29) is 22.9 Å². The van der Waals surface area contributed by atoms with Gasteiger partial charge in [0.05, 0.1) is 0 Å². The highest BCUT2D eigenvalue weighted by atomic mass is 16.3. The first kappa shape index (κ1) is 46.2. The predicted molar refractivity (Wildman–Crippen MR) is 214 cm³/mol. The second kappa shape index (κ2) is 22.9. The quantitative estimate of drug-likeness (QED) is 0.234. The Morgan fingerprint density at radius 3 is 1.63 bits per heavy atom. The number of unbranched alkanes of at least 4 members (excludes halogenated alkanes) is 1. The van der Waals surface area contributed by atoms with E-state index < -0.39 is 0 Å². The first-order valence-electron chi connectivity index (χ1n) is 19.2. The van der Waals surface area contributed by atoms with Crippen molar-refractivity contribution < 1.29 is 14.0 Å². The molecule has 1 aromatic carbocycles. The van der Waals surface area contributed by atoms with Gasteiger partial charge in [0.15, 0.2) is 11.3 Å². The summed E-state index contributed by atoms with van der Waals surface area (Å²) in [6.07, 6.45) is 11.6. The third-order valence-corrected chi connectivity index (χ3v) is 9.03. The van der Waals surface area contributed by atoms with Crippen molar-refractivity contribution in [1.29, 1.82) is 0 Å². The average Bonchev–Trinajstić information content (AvgIpc) is 3.48. The van der Waals surface area contributed by atoms with E-state index in [0.717, 1.165) is 23.1 Å². The Hall–Kier alpha value is -2.75. The minimum atomic E-state index is -0.0571. The summed E-state index contributed by atoms with van der Waals surface area (Å²) in [6, 6.07) is 16.1. The molecule has 3 aromatic rings. The van der Waals surface area contributed by atoms with Crippen molar-refractivity contribution in [3.63, 3.8) is 0 Å². The van der Waals surface area contributed by atoms with Crippen molar-refractivity contribution in [3.8, 4) is 0 Å². The highest BCUT2D eigenvalue weighted by molar-refractivity contribution is 5.98. The molecule has 0 unspecified atom stereocenters. The van der Waals surface area contributed by atoms with Crippen molar-refractivity contribution in [1.82, 2.24) is 4.98 Å². The van der Waals surface area contributed by atoms with E-state index in [9.17, 15) is 9.59 Å². The number of furan rings is 1. The highest BCUT2D eigenvalue weighted by Gasteiger charge is 2.31. The van der Waals surface area contributed by atoms with Gasteiger partial charge in [-0.05, 0) is 67.8 Å². The van der Waals surface area contributed by atoms with Crippen LogP contribution >= 0.6 is 0 Å². The Morgan fingerprint density at radius 1 is 0.837 bits per heavy atom. The molecule has 1 aliphatic carbocycles. The van der Waals surface area contributed by atoms with E-state index in [2.05, 4.69) is 82.2 Å². The zero-order valence-corrected chi connectivity index (χ0v) is 34.5. The SMILES string of the molecule is CCC(C)=O.CCCC.CCCC(C)(C)C.CC[C@@H](C)C(=O)c1cc2nc(C3CCC(C)(C)CC3)cc(C(C)(C)C)c2o1.c1ccccc1. The van der Waals surface area contributed by atoms with Crippen molar-refractivity contribution in [3.05, 3.63) is 65.5 Å². The van der Waals surface area contributed by atoms with Crippen LogP contribution in [0.15, 0.2) is 52.9 Å². The largest absolute Gasteiger partial charge is 0.451 e. The first-order valence-corrected chi connectivity index (χ1v) is 19.2. The van der Waals surface area contributed by atoms with E-state index in [1.165, 1.54) is 57.1 Å². The monoisotopic (exact) mass is 678 g/mol. The average molecular weight is 678 g/mol. The lowest BCUT2D eigenvalue weighted by Crippen LogP contribution is -2.21. The number of nitrogens with zero attached hydrogens (tertiary/aromatic N) is 1. The van der Waals surface area contributed by atoms with Crippen LogP contribution in [-0.2, 0) is 10.2 Å². The van der Waals surface area contributed by atoms with E-state index in [4.69, 9.17) is 9.40 Å². The van der Waals surface area contributed by atoms with Gasteiger partial charge in [-0.2, -0.15) is 0 Å². The molecular weight excluding hydrogens is 602 g/mol. The Labute approximate surface area is 302 Å². The van der Waals surface area contributed by atoms with E-state index in [0.29, 0.717) is 28.9 Å². The van der Waals surface area contributed by atoms with Crippen LogP contribution in [0.3, 0.4) is 0 Å². The summed E-state index contributed by atoms with van der Waals surface area (Å²) in [7, 11) is 0. The van der Waals surface area contributed by atoms with Gasteiger partial charge in [0.25, 0.3) is 0 Å². The van der Waals surface area contributed by atoms with Gasteiger partial charge in [0.2, 0.25) is 5.78 Å². The van der Waals surface area contributed by atoms with Crippen molar-refractivity contribution in [2.75, 3.05) is 0 Å². The molecule has 1 atom stereocenters. The molecule has 4 rings (SSSR count). The third kappa shape index (κ3) is 19.3. The molecule has 0 amide bonds. The molecule has 2 heterocycles. The summed E-state index contributed by atoms with van der Waals surface area (Å²) in [5.74, 6) is 1.27. The number of rotatable bonds is 7. The number of ketones is 2. The Kier molecular flexibility index (Phi) is 21.6. The molecule has 0 N–H and O–H groups in total. The van der Waals surface area contributed by atoms with Crippen LogP contribution in [0.1, 0.15) is 196 Å². The number of carbonyl (C=O) groups excluding carboxylic acids is 2. The number of fused-ring (bicyclic) bond motifs is 1. The van der Waals surface area contributed by atoms with Gasteiger partial charge in [-0.1, -0.05) is 153 Å². The van der Waals surface area contributed by atoms with Crippen molar-refractivity contribution in [2.45, 2.75) is 179 Å². The molecule has 1 aliphatic rings. The van der Waals surface area contributed by atoms with Gasteiger partial charge in [-0.25, -0.2) is 4.98 Å². The number of hydrogen-bond acceptors (Lipinski definition) is 4. The van der Waals surface area contributed by atoms with E-state index in [1.54, 1.807) is 6.92 Å². The molecule has 1 saturated carbocycles. The first-order chi connectivity index (χ1) is 22.8. The maximum Gasteiger partial charge on any atom is 0.200 e. The molecular formula is C45H75NO3. The van der Waals surface area contributed by atoms with E-state index >= 15 is 0 Å². The van der Waals surface area contributed by atoms with Gasteiger partial charge in [-0.3, -0.25) is 4.79 Å². The zero-order chi connectivity index (χ0) is 37.8. The summed E-state index contributed by atoms with van der Waals surface area (Å²) in [5.41, 5.74) is 4.90. The van der Waals surface area contributed by atoms with Crippen molar-refractivity contribution in [2.24, 2.45) is 16.7 Å². The lowest BCUT2D eigenvalue weighted by molar-refractivity contribution is -0.116. The molecule has 0 spiro atoms. The third-order valence-electron chi connectivity index (χ3n) is 9.03. The molecule has 0 radical (unpaired) electrons. The highest BCUT2D eigenvalue weighted by Crippen LogP contribution is 2.43. The summed E-state index contributed by atoms with van der Waals surface area (Å²) in [5, 5.41) is 0. The van der Waals surface area contributed by atoms with Gasteiger partial charge in [-0.15, -0.1) is 0 Å². The standard InChI is InChI=1S/C24H35NO2.C7H16.C6H6.C4H8O.C4H10/c1-8-15(2)21(26)20-14-19-22(27-20)17(23(3,4)5)13-18(25-19)16-9-11-24(6,7)12-10-16;1-5-6-7(2,3)4;1-2-4-6-5-3-1;1-3-4(2)5;1-3-4-2/h13-16H,8-12H2,1-7H3;5-6H2,1-4H3;1-6H;3H2,1-2H3;3-4H2,1-2H3/t15-;;;;/m1..../s1. The fourth-order valence-electron chi connectivity index (χ4n) is 5.19. The second-order valence-corrected chi connectivity index (χ2v) is 16.8. The minimum Gasteiger partial charge on any atom is -0.451 e. The number of Topliss-reactive ketones (excluding diaryl/α,β-unsaturated/α-hetero) is 2. The Balaban J connectivity index is 0.000000844. The molecule has 49 heavy (non-hydrogen) atoms. The number of pyridine rings is 1. The summed E-state index contributed by atoms with van der Waals surface area (Å²) in [6.45, 7) is 32.2. The Bertz CT molecular complexity index is 1280. The smallest absolute Gasteiger partial charge is 0.200 e. The number of carbonyl (C=O) groups is 2. The predicted octanol–water partition coefficient (Wildman–Crippen LogP) is 14.3. The molecule has 1 fully saturated rings. The summed E-state index contributed by atoms with van der Waals surface area (Å²) in [4.78, 5) is 27.4. The van der Waals surface area contributed by atoms with Crippen LogP contribution in [0.5, 0.6) is 0 Å². The normalized spacial score (nSPS) is 14.8. The van der Waals surface area contributed by atoms with Gasteiger partial charge >= 0.3 is 0 Å². The minimum absolute atomic E-state index is 0.0244. The molecule has 0 saturated heterocycles. The van der Waals surface area contributed by atoms with Crippen LogP contribution in [-0.4, -0.2) is 16.6 Å². The van der Waals surface area contributed by atoms with Crippen LogP contribution < -0.4 is 0 Å². The van der Waals surface area contributed by atoms with Crippen LogP contribution in [0, 0.1) is 16.7 Å². The van der Waals surface area contributed by atoms with Crippen LogP contribution in [0.25, 0.3) is 11.1 Å². The number of benzene rings is 1. The van der Waals surface area contributed by atoms with Crippen LogP contribution in [0.2, 0.25) is 0 Å². The van der Waals surface area contributed by atoms with Gasteiger partial charge < -0.3 is 9.21 Å². The number of hydrogen-bond donors (Lipinski definition) is 0. The number of aromatic nitrogens is 1. The zero-order valence-electron chi connectivity index (χ0n) is 34.5. The second-order valence-electron chi connectivity index (χ2n) is 16.8. The maximum atomic E-state index is 12.6. The topological polar surface area (TPSA) is 60.2 Å². The molecule has 4 heteroatoms. The lowest BCUT2D eigenvalue weighted by atomic mass is 9.72. The van der Waals surface area contributed by atoms with Crippen molar-refractivity contribution >= 4 is 22.7 Å². The van der Waals surface area contributed by atoms with Gasteiger partial charge in [0.1, 0.15) is 11.3 Å². The molecule has 0 bridgehead atoms. The maximum absolute atomic E-state index is 12.6. The molecule has 4 nitrogen and oxygen atoms in total. The molecule has 2 aromatic heterocycles. The van der Waals surface area contributed by atoms with E-state index in [1.807, 2.05) is 63.2 Å². The summed E-state index contributed by atoms with van der Waals surface area (Å²) >= 11 is 0. The van der Waals surface area contributed by atoms with Crippen LogP contribution in [0.4, 0.5) is 0 Å². The fraction of sp³-hybridized carbons (Fsp3) is 0.667. The lowest BCUT2D eigenvalue weighted by Gasteiger charge is -2.34. The summed E-state index contributed by atoms with van der Waals surface area (Å²) < 4.78 is 6.07. The van der Waals surface area contributed by atoms with Gasteiger partial charge in [0, 0.05) is 35.6 Å². The molecule has 278 valence electrons. The Morgan fingerprint density at radius 2 is 1.31 bits per heavy atom. The molecule has 0 aliphatic heterocycles. The fourth-order valence-corrected chi connectivity index (χ4v) is 5.19.